The predicted octanol–water partition coefficient (Wildman–Crippen LogP) is 1.39. The molecule has 3 aromatic heterocycles. The Bertz CT molecular complexity index is 1090. The molecule has 10 nitrogen and oxygen atoms in total. The maximum absolute atomic E-state index is 12.4. The molecule has 0 atom stereocenters. The van der Waals surface area contributed by atoms with Crippen LogP contribution in [0, 0.1) is 6.92 Å². The highest BCUT2D eigenvalue weighted by Crippen LogP contribution is 2.11. The van der Waals surface area contributed by atoms with Crippen LogP contribution in [0.25, 0.3) is 11.5 Å². The molecule has 0 spiro atoms. The molecule has 0 fully saturated rings. The van der Waals surface area contributed by atoms with Gasteiger partial charge >= 0.3 is 0 Å². The first-order valence-corrected chi connectivity index (χ1v) is 9.03. The number of tetrazole rings is 1. The van der Waals surface area contributed by atoms with E-state index in [-0.39, 0.29) is 5.91 Å². The maximum Gasteiger partial charge on any atom is 0.251 e. The molecule has 0 saturated carbocycles. The molecule has 3 heterocycles. The Kier molecular flexibility index (Phi) is 5.23. The van der Waals surface area contributed by atoms with Crippen molar-refractivity contribution in [3.63, 3.8) is 0 Å². The molecule has 0 unspecified atom stereocenters. The van der Waals surface area contributed by atoms with Crippen molar-refractivity contribution >= 4 is 11.7 Å². The van der Waals surface area contributed by atoms with Crippen LogP contribution in [0.4, 0.5) is 5.82 Å². The molecule has 0 radical (unpaired) electrons. The van der Waals surface area contributed by atoms with Crippen LogP contribution in [-0.2, 0) is 0 Å². The van der Waals surface area contributed by atoms with Crippen molar-refractivity contribution < 1.29 is 4.79 Å². The quantitative estimate of drug-likeness (QED) is 0.459. The minimum atomic E-state index is -0.173. The van der Waals surface area contributed by atoms with Crippen LogP contribution in [0.2, 0.25) is 0 Å². The summed E-state index contributed by atoms with van der Waals surface area (Å²) < 4.78 is 3.41. The zero-order valence-corrected chi connectivity index (χ0v) is 15.7. The Balaban J connectivity index is 1.33. The molecular formula is C19H19N9O. The predicted molar refractivity (Wildman–Crippen MR) is 106 cm³/mol. The van der Waals surface area contributed by atoms with E-state index >= 15 is 0 Å². The molecule has 0 saturated heterocycles. The maximum atomic E-state index is 12.4. The lowest BCUT2D eigenvalue weighted by Gasteiger charge is -2.10. The minimum absolute atomic E-state index is 0.173. The number of benzene rings is 1. The van der Waals surface area contributed by atoms with Gasteiger partial charge in [-0.2, -0.15) is 0 Å². The van der Waals surface area contributed by atoms with E-state index in [0.717, 1.165) is 11.5 Å². The van der Waals surface area contributed by atoms with E-state index in [1.807, 2.05) is 48.1 Å². The number of carbonyl (C=O) groups excluding carboxylic acids is 1. The fraction of sp³-hybridized carbons (Fsp3) is 0.158. The second kappa shape index (κ2) is 8.30. The Morgan fingerprint density at radius 3 is 2.72 bits per heavy atom. The van der Waals surface area contributed by atoms with Crippen molar-refractivity contribution in [2.24, 2.45) is 0 Å². The van der Waals surface area contributed by atoms with Gasteiger partial charge in [0.15, 0.2) is 0 Å². The monoisotopic (exact) mass is 389 g/mol. The van der Waals surface area contributed by atoms with Crippen LogP contribution in [0.5, 0.6) is 0 Å². The van der Waals surface area contributed by atoms with E-state index in [9.17, 15) is 4.79 Å². The summed E-state index contributed by atoms with van der Waals surface area (Å²) in [6.07, 6.45) is 5.33. The molecule has 0 aliphatic rings. The zero-order valence-electron chi connectivity index (χ0n) is 15.7. The Labute approximate surface area is 166 Å². The average molecular weight is 389 g/mol. The first-order chi connectivity index (χ1) is 14.2. The minimum Gasteiger partial charge on any atom is -0.368 e. The molecule has 146 valence electrons. The van der Waals surface area contributed by atoms with Gasteiger partial charge in [-0.3, -0.25) is 4.79 Å². The summed E-state index contributed by atoms with van der Waals surface area (Å²) in [6.45, 7) is 2.81. The molecule has 1 amide bonds. The highest BCUT2D eigenvalue weighted by Gasteiger charge is 2.08. The Hall–Kier alpha value is -4.08. The van der Waals surface area contributed by atoms with Gasteiger partial charge in [-0.25, -0.2) is 14.6 Å². The molecule has 1 aromatic carbocycles. The number of hydrogen-bond acceptors (Lipinski definition) is 7. The number of rotatable bonds is 7. The molecule has 0 aliphatic heterocycles. The van der Waals surface area contributed by atoms with Gasteiger partial charge < -0.3 is 15.2 Å². The van der Waals surface area contributed by atoms with Crippen LogP contribution in [0.3, 0.4) is 0 Å². The lowest BCUT2D eigenvalue weighted by molar-refractivity contribution is 0.0955. The number of carbonyl (C=O) groups is 1. The van der Waals surface area contributed by atoms with Crippen molar-refractivity contribution in [3.05, 3.63) is 72.6 Å². The van der Waals surface area contributed by atoms with Crippen LogP contribution in [-0.4, -0.2) is 53.7 Å². The summed E-state index contributed by atoms with van der Waals surface area (Å²) in [7, 11) is 0. The lowest BCUT2D eigenvalue weighted by atomic mass is 10.2. The van der Waals surface area contributed by atoms with Crippen LogP contribution in [0.15, 0.2) is 61.2 Å². The van der Waals surface area contributed by atoms with Gasteiger partial charge in [0.05, 0.1) is 5.69 Å². The van der Waals surface area contributed by atoms with Crippen molar-refractivity contribution in [3.8, 4) is 11.5 Å². The van der Waals surface area contributed by atoms with Gasteiger partial charge in [0.25, 0.3) is 5.91 Å². The number of amides is 1. The first-order valence-electron chi connectivity index (χ1n) is 9.03. The third kappa shape index (κ3) is 4.43. The number of anilines is 1. The van der Waals surface area contributed by atoms with Gasteiger partial charge in [-0.1, -0.05) is 6.07 Å². The number of hydrogen-bond donors (Lipinski definition) is 2. The van der Waals surface area contributed by atoms with Gasteiger partial charge in [0.2, 0.25) is 0 Å². The standard InChI is InChI=1S/C19H19N9O/c1-14-23-17(12-18(24-14)27-9-2-3-10-27)20-7-8-21-19(29)15-5-4-6-16(11-15)28-13-22-25-26-28/h2-6,9-13H,7-8H2,1H3,(H,21,29)(H,20,23,24). The smallest absolute Gasteiger partial charge is 0.251 e. The van der Waals surface area contributed by atoms with Crippen molar-refractivity contribution in [1.29, 1.82) is 0 Å². The lowest BCUT2D eigenvalue weighted by Crippen LogP contribution is -2.29. The molecule has 2 N–H and O–H groups in total. The van der Waals surface area contributed by atoms with E-state index in [1.54, 1.807) is 18.2 Å². The van der Waals surface area contributed by atoms with Crippen molar-refractivity contribution in [1.82, 2.24) is 40.1 Å². The van der Waals surface area contributed by atoms with E-state index in [0.29, 0.717) is 30.3 Å². The van der Waals surface area contributed by atoms with Crippen LogP contribution >= 0.6 is 0 Å². The number of nitrogens with zero attached hydrogens (tertiary/aromatic N) is 7. The normalized spacial score (nSPS) is 10.7. The second-order valence-corrected chi connectivity index (χ2v) is 6.24. The number of aromatic nitrogens is 7. The zero-order chi connectivity index (χ0) is 20.1. The first kappa shape index (κ1) is 18.3. The Morgan fingerprint density at radius 2 is 1.93 bits per heavy atom. The molecule has 10 heteroatoms. The molecule has 4 rings (SSSR count). The highest BCUT2D eigenvalue weighted by molar-refractivity contribution is 5.94. The largest absolute Gasteiger partial charge is 0.368 e. The number of nitrogens with one attached hydrogen (secondary N) is 2. The number of aryl methyl sites for hydroxylation is 1. The van der Waals surface area contributed by atoms with Gasteiger partial charge in [0.1, 0.15) is 23.8 Å². The summed E-state index contributed by atoms with van der Waals surface area (Å²) in [4.78, 5) is 21.2. The fourth-order valence-electron chi connectivity index (χ4n) is 2.80. The average Bonchev–Trinajstić information content (AvgIpc) is 3.45. The molecule has 29 heavy (non-hydrogen) atoms. The summed E-state index contributed by atoms with van der Waals surface area (Å²) in [5.74, 6) is 1.99. The summed E-state index contributed by atoms with van der Waals surface area (Å²) in [5.41, 5.74) is 1.25. The van der Waals surface area contributed by atoms with E-state index in [4.69, 9.17) is 0 Å². The van der Waals surface area contributed by atoms with Gasteiger partial charge in [0, 0.05) is 37.1 Å². The fourth-order valence-corrected chi connectivity index (χ4v) is 2.80. The van der Waals surface area contributed by atoms with Crippen LogP contribution < -0.4 is 10.6 Å². The SMILES string of the molecule is Cc1nc(NCCNC(=O)c2cccc(-n3cnnn3)c2)cc(-n2cccc2)n1. The summed E-state index contributed by atoms with van der Waals surface area (Å²) in [6, 6.07) is 12.8. The molecule has 0 bridgehead atoms. The summed E-state index contributed by atoms with van der Waals surface area (Å²) >= 11 is 0. The van der Waals surface area contributed by atoms with Crippen molar-refractivity contribution in [2.75, 3.05) is 18.4 Å². The molecule has 0 aliphatic carbocycles. The van der Waals surface area contributed by atoms with Gasteiger partial charge in [-0.05, 0) is 47.7 Å². The van der Waals surface area contributed by atoms with Crippen LogP contribution in [0.1, 0.15) is 16.2 Å². The third-order valence-corrected chi connectivity index (χ3v) is 4.13. The topological polar surface area (TPSA) is 115 Å². The third-order valence-electron chi connectivity index (χ3n) is 4.13. The van der Waals surface area contributed by atoms with Gasteiger partial charge in [-0.15, -0.1) is 5.10 Å². The molecule has 4 aromatic rings. The highest BCUT2D eigenvalue weighted by atomic mass is 16.1. The van der Waals surface area contributed by atoms with Crippen molar-refractivity contribution in [2.45, 2.75) is 6.92 Å². The van der Waals surface area contributed by atoms with E-state index in [1.165, 1.54) is 11.0 Å². The van der Waals surface area contributed by atoms with E-state index < -0.39 is 0 Å². The second-order valence-electron chi connectivity index (χ2n) is 6.24. The van der Waals surface area contributed by atoms with E-state index in [2.05, 4.69) is 36.1 Å². The summed E-state index contributed by atoms with van der Waals surface area (Å²) in [5, 5.41) is 17.1. The Morgan fingerprint density at radius 1 is 1.07 bits per heavy atom. The molecular weight excluding hydrogens is 370 g/mol.